The third-order valence-electron chi connectivity index (χ3n) is 4.32. The smallest absolute Gasteiger partial charge is 0.341 e. The number of cyclic esters (lactones) is 1. The largest absolute Gasteiger partial charge is 0.427 e. The van der Waals surface area contributed by atoms with E-state index in [1.807, 2.05) is 79.7 Å². The van der Waals surface area contributed by atoms with Crippen molar-refractivity contribution in [1.82, 2.24) is 0 Å². The Kier molecular flexibility index (Phi) is 3.35. The molecule has 118 valence electrons. The van der Waals surface area contributed by atoms with Crippen molar-refractivity contribution in [2.45, 2.75) is 12.6 Å². The second kappa shape index (κ2) is 5.53. The average Bonchev–Trinajstić information content (AvgIpc) is 2.91. The van der Waals surface area contributed by atoms with E-state index in [9.17, 15) is 4.79 Å². The van der Waals surface area contributed by atoms with Crippen LogP contribution >= 0.6 is 0 Å². The van der Waals surface area contributed by atoms with Crippen LogP contribution in [0.1, 0.15) is 27.0 Å². The zero-order valence-electron chi connectivity index (χ0n) is 13.3. The van der Waals surface area contributed by atoms with Crippen LogP contribution in [0.4, 0.5) is 5.69 Å². The zero-order chi connectivity index (χ0) is 16.6. The summed E-state index contributed by atoms with van der Waals surface area (Å²) in [5.41, 5.74) is 3.39. The molecule has 0 bridgehead atoms. The number of benzene rings is 3. The molecule has 1 N–H and O–H groups in total. The molecule has 3 heteroatoms. The molecule has 0 spiro atoms. The fourth-order valence-electron chi connectivity index (χ4n) is 3.11. The summed E-state index contributed by atoms with van der Waals surface area (Å²) in [6.45, 7) is 2.04. The standard InChI is InChI=1S/C21H17NO2/c1-15-11-13-17(14-12-15)22-21(16-7-3-2-4-8-16)19-10-6-5-9-18(19)20(23)24-21/h2-14,22H,1H3. The van der Waals surface area contributed by atoms with Gasteiger partial charge in [-0.15, -0.1) is 0 Å². The van der Waals surface area contributed by atoms with Crippen LogP contribution in [0, 0.1) is 6.92 Å². The zero-order valence-corrected chi connectivity index (χ0v) is 13.3. The molecule has 0 fully saturated rings. The topological polar surface area (TPSA) is 38.3 Å². The molecule has 0 aromatic heterocycles. The van der Waals surface area contributed by atoms with Crippen molar-refractivity contribution in [2.75, 3.05) is 5.32 Å². The van der Waals surface area contributed by atoms with Gasteiger partial charge < -0.3 is 10.1 Å². The van der Waals surface area contributed by atoms with E-state index in [0.717, 1.165) is 16.8 Å². The van der Waals surface area contributed by atoms with Gasteiger partial charge in [0.05, 0.1) is 5.56 Å². The number of carbonyl (C=O) groups excluding carboxylic acids is 1. The maximum atomic E-state index is 12.4. The molecule has 3 nitrogen and oxygen atoms in total. The molecule has 0 radical (unpaired) electrons. The van der Waals surface area contributed by atoms with Gasteiger partial charge in [-0.2, -0.15) is 0 Å². The first-order valence-electron chi connectivity index (χ1n) is 7.92. The normalized spacial score (nSPS) is 18.8. The molecule has 1 aliphatic heterocycles. The molecule has 4 rings (SSSR count). The van der Waals surface area contributed by atoms with Crippen LogP contribution in [-0.2, 0) is 10.5 Å². The summed E-state index contributed by atoms with van der Waals surface area (Å²) in [5, 5.41) is 3.44. The summed E-state index contributed by atoms with van der Waals surface area (Å²) in [6.07, 6.45) is 0. The lowest BCUT2D eigenvalue weighted by Crippen LogP contribution is -2.36. The minimum atomic E-state index is -1.01. The minimum Gasteiger partial charge on any atom is -0.427 e. The number of rotatable bonds is 3. The van der Waals surface area contributed by atoms with Crippen molar-refractivity contribution in [3.63, 3.8) is 0 Å². The second-order valence-corrected chi connectivity index (χ2v) is 5.97. The minimum absolute atomic E-state index is 0.311. The third kappa shape index (κ3) is 2.26. The fraction of sp³-hybridized carbons (Fsp3) is 0.0952. The second-order valence-electron chi connectivity index (χ2n) is 5.97. The van der Waals surface area contributed by atoms with E-state index in [-0.39, 0.29) is 5.97 Å². The lowest BCUT2D eigenvalue weighted by molar-refractivity contribution is 0.0212. The highest BCUT2D eigenvalue weighted by molar-refractivity contribution is 5.96. The molecular weight excluding hydrogens is 298 g/mol. The van der Waals surface area contributed by atoms with Crippen molar-refractivity contribution in [3.05, 3.63) is 101 Å². The number of fused-ring (bicyclic) bond motifs is 1. The molecule has 1 heterocycles. The summed E-state index contributed by atoms with van der Waals surface area (Å²) in [7, 11) is 0. The molecule has 0 saturated heterocycles. The molecule has 24 heavy (non-hydrogen) atoms. The molecule has 0 amide bonds. The van der Waals surface area contributed by atoms with Crippen molar-refractivity contribution in [3.8, 4) is 0 Å². The Labute approximate surface area is 140 Å². The maximum Gasteiger partial charge on any atom is 0.341 e. The van der Waals surface area contributed by atoms with Crippen LogP contribution in [-0.4, -0.2) is 5.97 Å². The van der Waals surface area contributed by atoms with Gasteiger partial charge in [0.15, 0.2) is 0 Å². The highest BCUT2D eigenvalue weighted by Gasteiger charge is 2.47. The van der Waals surface area contributed by atoms with Gasteiger partial charge in [0.2, 0.25) is 5.72 Å². The first-order valence-corrected chi connectivity index (χ1v) is 7.92. The monoisotopic (exact) mass is 315 g/mol. The van der Waals surface area contributed by atoms with Crippen molar-refractivity contribution >= 4 is 11.7 Å². The van der Waals surface area contributed by atoms with Crippen LogP contribution in [0.2, 0.25) is 0 Å². The molecular formula is C21H17NO2. The summed E-state index contributed by atoms with van der Waals surface area (Å²) in [6, 6.07) is 25.4. The van der Waals surface area contributed by atoms with Gasteiger partial charge in [0.1, 0.15) is 0 Å². The highest BCUT2D eigenvalue weighted by Crippen LogP contribution is 2.42. The quantitative estimate of drug-likeness (QED) is 0.724. The molecule has 1 unspecified atom stereocenters. The number of anilines is 1. The molecule has 3 aromatic rings. The summed E-state index contributed by atoms with van der Waals surface area (Å²) in [4.78, 5) is 12.4. The van der Waals surface area contributed by atoms with E-state index in [4.69, 9.17) is 4.74 Å². The van der Waals surface area contributed by atoms with Crippen LogP contribution in [0.15, 0.2) is 78.9 Å². The Morgan fingerprint density at radius 3 is 2.25 bits per heavy atom. The van der Waals surface area contributed by atoms with Crippen molar-refractivity contribution < 1.29 is 9.53 Å². The molecule has 0 aliphatic carbocycles. The van der Waals surface area contributed by atoms with Crippen LogP contribution in [0.3, 0.4) is 0 Å². The highest BCUT2D eigenvalue weighted by atomic mass is 16.6. The van der Waals surface area contributed by atoms with Gasteiger partial charge in [-0.25, -0.2) is 4.79 Å². The van der Waals surface area contributed by atoms with E-state index in [1.165, 1.54) is 5.56 Å². The van der Waals surface area contributed by atoms with Crippen molar-refractivity contribution in [1.29, 1.82) is 0 Å². The van der Waals surface area contributed by atoms with Gasteiger partial charge in [0.25, 0.3) is 0 Å². The van der Waals surface area contributed by atoms with E-state index in [2.05, 4.69) is 5.32 Å². The van der Waals surface area contributed by atoms with Gasteiger partial charge in [-0.1, -0.05) is 66.2 Å². The van der Waals surface area contributed by atoms with Gasteiger partial charge in [-0.05, 0) is 25.1 Å². The summed E-state index contributed by atoms with van der Waals surface area (Å²) < 4.78 is 5.89. The molecule has 3 aromatic carbocycles. The predicted octanol–water partition coefficient (Wildman–Crippen LogP) is 4.48. The fourth-order valence-corrected chi connectivity index (χ4v) is 3.11. The van der Waals surface area contributed by atoms with E-state index in [0.29, 0.717) is 5.56 Å². The Morgan fingerprint density at radius 2 is 1.50 bits per heavy atom. The van der Waals surface area contributed by atoms with Gasteiger partial charge >= 0.3 is 5.97 Å². The van der Waals surface area contributed by atoms with Gasteiger partial charge in [0, 0.05) is 16.8 Å². The number of hydrogen-bond donors (Lipinski definition) is 1. The first-order chi connectivity index (χ1) is 11.7. The third-order valence-corrected chi connectivity index (χ3v) is 4.32. The Balaban J connectivity index is 1.89. The predicted molar refractivity (Wildman–Crippen MR) is 93.9 cm³/mol. The molecule has 1 atom stereocenters. The lowest BCUT2D eigenvalue weighted by atomic mass is 9.92. The average molecular weight is 315 g/mol. The van der Waals surface area contributed by atoms with E-state index >= 15 is 0 Å². The number of esters is 1. The van der Waals surface area contributed by atoms with Crippen LogP contribution in [0.25, 0.3) is 0 Å². The summed E-state index contributed by atoms with van der Waals surface area (Å²) in [5.74, 6) is -0.311. The lowest BCUT2D eigenvalue weighted by Gasteiger charge is -2.31. The van der Waals surface area contributed by atoms with E-state index < -0.39 is 5.72 Å². The summed E-state index contributed by atoms with van der Waals surface area (Å²) >= 11 is 0. The SMILES string of the molecule is Cc1ccc(NC2(c3ccccc3)OC(=O)c3ccccc32)cc1. The Morgan fingerprint density at radius 1 is 0.833 bits per heavy atom. The number of hydrogen-bond acceptors (Lipinski definition) is 3. The van der Waals surface area contributed by atoms with Gasteiger partial charge in [-0.3, -0.25) is 0 Å². The molecule has 1 aliphatic rings. The van der Waals surface area contributed by atoms with Crippen LogP contribution in [0.5, 0.6) is 0 Å². The molecule has 0 saturated carbocycles. The number of aryl methyl sites for hydroxylation is 1. The van der Waals surface area contributed by atoms with E-state index in [1.54, 1.807) is 6.07 Å². The van der Waals surface area contributed by atoms with Crippen LogP contribution < -0.4 is 5.32 Å². The first kappa shape index (κ1) is 14.5. The Bertz CT molecular complexity index is 887. The number of carbonyl (C=O) groups is 1. The van der Waals surface area contributed by atoms with Crippen molar-refractivity contribution in [2.24, 2.45) is 0 Å². The maximum absolute atomic E-state index is 12.4. The Hall–Kier alpha value is -3.07. The number of nitrogens with one attached hydrogen (secondary N) is 1. The number of ether oxygens (including phenoxy) is 1.